The Hall–Kier alpha value is -1.37. The van der Waals surface area contributed by atoms with E-state index in [1.807, 2.05) is 31.2 Å². The predicted octanol–water partition coefficient (Wildman–Crippen LogP) is 2.68. The average Bonchev–Trinajstić information content (AvgIpc) is 2.41. The fourth-order valence-electron chi connectivity index (χ4n) is 2.91. The summed E-state index contributed by atoms with van der Waals surface area (Å²) in [5.74, 6) is 0. The van der Waals surface area contributed by atoms with Gasteiger partial charge in [-0.1, -0.05) is 24.6 Å². The summed E-state index contributed by atoms with van der Waals surface area (Å²) in [4.78, 5) is 2.42. The second-order valence-electron chi connectivity index (χ2n) is 5.47. The average molecular weight is 258 g/mol. The number of aliphatic hydroxyl groups is 1. The lowest BCUT2D eigenvalue weighted by atomic mass is 9.96. The van der Waals surface area contributed by atoms with Crippen LogP contribution in [0.15, 0.2) is 24.3 Å². The maximum Gasteiger partial charge on any atom is 0.0995 e. The number of nitriles is 1. The maximum absolute atomic E-state index is 9.61. The highest BCUT2D eigenvalue weighted by Gasteiger charge is 2.24. The molecule has 2 unspecified atom stereocenters. The van der Waals surface area contributed by atoms with Gasteiger partial charge in [-0.2, -0.15) is 5.26 Å². The molecular formula is C16H22N2O. The molecule has 1 N–H and O–H groups in total. The molecule has 2 atom stereocenters. The van der Waals surface area contributed by atoms with Crippen molar-refractivity contribution < 1.29 is 5.11 Å². The van der Waals surface area contributed by atoms with Gasteiger partial charge in [-0.05, 0) is 44.4 Å². The number of rotatable bonds is 4. The van der Waals surface area contributed by atoms with E-state index in [-0.39, 0.29) is 6.10 Å². The van der Waals surface area contributed by atoms with Gasteiger partial charge in [0.15, 0.2) is 0 Å². The van der Waals surface area contributed by atoms with Gasteiger partial charge >= 0.3 is 0 Å². The normalized spacial score (nSPS) is 21.8. The zero-order valence-corrected chi connectivity index (χ0v) is 11.5. The minimum Gasteiger partial charge on any atom is -0.393 e. The quantitative estimate of drug-likeness (QED) is 0.903. The van der Waals surface area contributed by atoms with Crippen LogP contribution in [0.4, 0.5) is 0 Å². The number of aliphatic hydroxyl groups excluding tert-OH is 1. The molecule has 1 aliphatic heterocycles. The minimum absolute atomic E-state index is 0.253. The topological polar surface area (TPSA) is 47.3 Å². The number of nitrogens with zero attached hydrogens (tertiary/aromatic N) is 2. The van der Waals surface area contributed by atoms with Gasteiger partial charge < -0.3 is 5.11 Å². The van der Waals surface area contributed by atoms with Crippen LogP contribution in [0, 0.1) is 11.3 Å². The van der Waals surface area contributed by atoms with Gasteiger partial charge in [-0.3, -0.25) is 4.90 Å². The lowest BCUT2D eigenvalue weighted by molar-refractivity contribution is 0.0817. The molecule has 3 heteroatoms. The number of hydrogen-bond donors (Lipinski definition) is 1. The Bertz CT molecular complexity index is 450. The number of likely N-dealkylation sites (tertiary alicyclic amines) is 1. The van der Waals surface area contributed by atoms with Crippen LogP contribution in [0.1, 0.15) is 43.7 Å². The summed E-state index contributed by atoms with van der Waals surface area (Å²) >= 11 is 0. The summed E-state index contributed by atoms with van der Waals surface area (Å²) < 4.78 is 0. The Morgan fingerprint density at radius 2 is 2.21 bits per heavy atom. The van der Waals surface area contributed by atoms with Crippen molar-refractivity contribution in [1.29, 1.82) is 5.26 Å². The molecular weight excluding hydrogens is 236 g/mol. The Morgan fingerprint density at radius 3 is 2.95 bits per heavy atom. The summed E-state index contributed by atoms with van der Waals surface area (Å²) in [7, 11) is 0. The van der Waals surface area contributed by atoms with Crippen molar-refractivity contribution in [3.63, 3.8) is 0 Å². The first-order valence-corrected chi connectivity index (χ1v) is 7.11. The molecule has 102 valence electrons. The van der Waals surface area contributed by atoms with E-state index in [1.54, 1.807) is 0 Å². The van der Waals surface area contributed by atoms with E-state index in [0.717, 1.165) is 37.1 Å². The Morgan fingerprint density at radius 1 is 1.42 bits per heavy atom. The molecule has 0 spiro atoms. The van der Waals surface area contributed by atoms with Gasteiger partial charge in [0.2, 0.25) is 0 Å². The van der Waals surface area contributed by atoms with Crippen LogP contribution >= 0.6 is 0 Å². The van der Waals surface area contributed by atoms with Gasteiger partial charge in [0.1, 0.15) is 0 Å². The zero-order valence-electron chi connectivity index (χ0n) is 11.5. The van der Waals surface area contributed by atoms with Crippen LogP contribution in [0.5, 0.6) is 0 Å². The summed E-state index contributed by atoms with van der Waals surface area (Å²) in [5.41, 5.74) is 1.87. The Labute approximate surface area is 115 Å². The molecule has 3 nitrogen and oxygen atoms in total. The van der Waals surface area contributed by atoms with E-state index < -0.39 is 0 Å². The molecule has 1 aromatic rings. The van der Waals surface area contributed by atoms with Gasteiger partial charge in [-0.25, -0.2) is 0 Å². The van der Waals surface area contributed by atoms with Crippen molar-refractivity contribution >= 4 is 0 Å². The molecule has 1 heterocycles. The summed E-state index contributed by atoms with van der Waals surface area (Å²) in [5, 5.41) is 18.8. The largest absolute Gasteiger partial charge is 0.393 e. The van der Waals surface area contributed by atoms with E-state index in [4.69, 9.17) is 5.26 Å². The Balaban J connectivity index is 2.09. The molecule has 0 amide bonds. The van der Waals surface area contributed by atoms with Crippen molar-refractivity contribution in [3.05, 3.63) is 35.4 Å². The van der Waals surface area contributed by atoms with Crippen molar-refractivity contribution in [2.75, 3.05) is 6.54 Å². The molecule has 0 aliphatic carbocycles. The standard InChI is InChI=1S/C16H22N2O/c1-13(19)10-16-8-4-5-9-18(16)12-15-7-3-2-6-14(15)11-17/h2-3,6-7,13,16,19H,4-5,8-10,12H2,1H3. The SMILES string of the molecule is CC(O)CC1CCCCN1Cc1ccccc1C#N. The first-order chi connectivity index (χ1) is 9.20. The second kappa shape index (κ2) is 6.70. The maximum atomic E-state index is 9.61. The summed E-state index contributed by atoms with van der Waals surface area (Å²) in [6.07, 6.45) is 4.18. The number of piperidine rings is 1. The van der Waals surface area contributed by atoms with E-state index in [1.165, 1.54) is 12.8 Å². The lowest BCUT2D eigenvalue weighted by Crippen LogP contribution is -2.40. The molecule has 0 saturated carbocycles. The molecule has 0 bridgehead atoms. The predicted molar refractivity (Wildman–Crippen MR) is 75.5 cm³/mol. The van der Waals surface area contributed by atoms with Crippen LogP contribution in [0.3, 0.4) is 0 Å². The van der Waals surface area contributed by atoms with Gasteiger partial charge in [0, 0.05) is 12.6 Å². The Kier molecular flexibility index (Phi) is 4.95. The third kappa shape index (κ3) is 3.79. The van der Waals surface area contributed by atoms with Crippen molar-refractivity contribution in [3.8, 4) is 6.07 Å². The molecule has 1 aliphatic rings. The second-order valence-corrected chi connectivity index (χ2v) is 5.47. The third-order valence-electron chi connectivity index (χ3n) is 3.87. The molecule has 19 heavy (non-hydrogen) atoms. The van der Waals surface area contributed by atoms with Crippen LogP contribution < -0.4 is 0 Å². The first-order valence-electron chi connectivity index (χ1n) is 7.11. The molecule has 1 fully saturated rings. The van der Waals surface area contributed by atoms with E-state index in [2.05, 4.69) is 11.0 Å². The molecule has 0 aromatic heterocycles. The summed E-state index contributed by atoms with van der Waals surface area (Å²) in [6.45, 7) is 3.74. The van der Waals surface area contributed by atoms with Gasteiger partial charge in [0.05, 0.1) is 17.7 Å². The first kappa shape index (κ1) is 14.0. The highest BCUT2D eigenvalue weighted by atomic mass is 16.3. The summed E-state index contributed by atoms with van der Waals surface area (Å²) in [6, 6.07) is 10.5. The highest BCUT2D eigenvalue weighted by molar-refractivity contribution is 5.37. The van der Waals surface area contributed by atoms with E-state index in [9.17, 15) is 5.11 Å². The fourth-order valence-corrected chi connectivity index (χ4v) is 2.91. The zero-order chi connectivity index (χ0) is 13.7. The van der Waals surface area contributed by atoms with Crippen molar-refractivity contribution in [2.24, 2.45) is 0 Å². The van der Waals surface area contributed by atoms with Crippen LogP contribution in [0.25, 0.3) is 0 Å². The van der Waals surface area contributed by atoms with Crippen LogP contribution in [-0.4, -0.2) is 28.7 Å². The van der Waals surface area contributed by atoms with Crippen molar-refractivity contribution in [2.45, 2.75) is 51.3 Å². The molecule has 0 radical (unpaired) electrons. The molecule has 2 rings (SSSR count). The van der Waals surface area contributed by atoms with Crippen molar-refractivity contribution in [1.82, 2.24) is 4.90 Å². The van der Waals surface area contributed by atoms with E-state index >= 15 is 0 Å². The lowest BCUT2D eigenvalue weighted by Gasteiger charge is -2.36. The fraction of sp³-hybridized carbons (Fsp3) is 0.562. The minimum atomic E-state index is -0.253. The third-order valence-corrected chi connectivity index (χ3v) is 3.87. The smallest absolute Gasteiger partial charge is 0.0995 e. The number of benzene rings is 1. The monoisotopic (exact) mass is 258 g/mol. The molecule has 1 saturated heterocycles. The van der Waals surface area contributed by atoms with Crippen LogP contribution in [0.2, 0.25) is 0 Å². The van der Waals surface area contributed by atoms with Gasteiger partial charge in [-0.15, -0.1) is 0 Å². The molecule has 1 aromatic carbocycles. The van der Waals surface area contributed by atoms with Gasteiger partial charge in [0.25, 0.3) is 0 Å². The van der Waals surface area contributed by atoms with E-state index in [0.29, 0.717) is 6.04 Å². The van der Waals surface area contributed by atoms with Crippen LogP contribution in [-0.2, 0) is 6.54 Å². The number of hydrogen-bond acceptors (Lipinski definition) is 3. The highest BCUT2D eigenvalue weighted by Crippen LogP contribution is 2.23.